The van der Waals surface area contributed by atoms with Gasteiger partial charge in [-0.1, -0.05) is 42.5 Å². The summed E-state index contributed by atoms with van der Waals surface area (Å²) in [6.45, 7) is 2.02. The molecule has 0 unspecified atom stereocenters. The first-order valence-corrected chi connectivity index (χ1v) is 7.00. The van der Waals surface area contributed by atoms with E-state index in [4.69, 9.17) is 12.2 Å². The van der Waals surface area contributed by atoms with Crippen molar-refractivity contribution in [2.24, 2.45) is 5.10 Å². The Kier molecular flexibility index (Phi) is 5.29. The molecule has 0 aliphatic carbocycles. The number of nitrogens with one attached hydrogen (secondary N) is 2. The molecular formula is C16H17N3OS. The number of benzene rings is 2. The van der Waals surface area contributed by atoms with Gasteiger partial charge in [0.05, 0.1) is 12.3 Å². The van der Waals surface area contributed by atoms with Gasteiger partial charge in [0.2, 0.25) is 0 Å². The lowest BCUT2D eigenvalue weighted by Gasteiger charge is -2.15. The molecule has 0 radical (unpaired) electrons. The van der Waals surface area contributed by atoms with E-state index in [1.807, 2.05) is 43.3 Å². The lowest BCUT2D eigenvalue weighted by Crippen LogP contribution is -2.34. The molecule has 2 rings (SSSR count). The lowest BCUT2D eigenvalue weighted by atomic mass is 10.1. The number of nitrogens with zero attached hydrogens (tertiary/aromatic N) is 1. The van der Waals surface area contributed by atoms with Crippen molar-refractivity contribution in [3.05, 3.63) is 65.7 Å². The number of hydrazone groups is 1. The fourth-order valence-corrected chi connectivity index (χ4v) is 2.04. The number of hydrogen-bond donors (Lipinski definition) is 3. The van der Waals surface area contributed by atoms with Gasteiger partial charge in [0.25, 0.3) is 0 Å². The van der Waals surface area contributed by atoms with Gasteiger partial charge in [-0.3, -0.25) is 5.43 Å². The highest BCUT2D eigenvalue weighted by Gasteiger charge is 2.05. The molecule has 108 valence electrons. The molecule has 0 aromatic heterocycles. The Morgan fingerprint density at radius 2 is 1.81 bits per heavy atom. The normalized spacial score (nSPS) is 12.0. The average Bonchev–Trinajstić information content (AvgIpc) is 2.50. The molecule has 2 aromatic rings. The van der Waals surface area contributed by atoms with E-state index in [1.54, 1.807) is 18.2 Å². The predicted molar refractivity (Wildman–Crippen MR) is 89.4 cm³/mol. The summed E-state index contributed by atoms with van der Waals surface area (Å²) in [7, 11) is 0. The first-order valence-electron chi connectivity index (χ1n) is 6.59. The minimum atomic E-state index is 0.0894. The Labute approximate surface area is 129 Å². The molecule has 2 aromatic carbocycles. The third-order valence-electron chi connectivity index (χ3n) is 2.95. The van der Waals surface area contributed by atoms with Crippen LogP contribution in [0.3, 0.4) is 0 Å². The number of thiocarbonyl (C=S) groups is 1. The molecule has 0 saturated heterocycles. The van der Waals surface area contributed by atoms with E-state index in [1.165, 1.54) is 6.21 Å². The second-order valence-electron chi connectivity index (χ2n) is 4.53. The Hall–Kier alpha value is -2.40. The summed E-state index contributed by atoms with van der Waals surface area (Å²) in [5.41, 5.74) is 4.51. The maximum absolute atomic E-state index is 9.60. The molecule has 0 saturated carbocycles. The molecule has 0 amide bonds. The quantitative estimate of drug-likeness (QED) is 0.461. The molecule has 0 bridgehead atoms. The standard InChI is InChI=1S/C16H17N3OS/c1-12(13-7-3-2-4-8-13)18-16(21)19-17-11-14-9-5-6-10-15(14)20/h2-12,20H,1H3,(H2,18,19,21)/b17-11-/t12-/m1/s1. The maximum atomic E-state index is 9.60. The van der Waals surface area contributed by atoms with Crippen molar-refractivity contribution in [2.75, 3.05) is 0 Å². The Bertz CT molecular complexity index is 628. The van der Waals surface area contributed by atoms with E-state index in [0.717, 1.165) is 5.56 Å². The van der Waals surface area contributed by atoms with Crippen LogP contribution >= 0.6 is 12.2 Å². The fraction of sp³-hybridized carbons (Fsp3) is 0.125. The maximum Gasteiger partial charge on any atom is 0.187 e. The first-order chi connectivity index (χ1) is 10.2. The van der Waals surface area contributed by atoms with Crippen LogP contribution in [0.25, 0.3) is 0 Å². The van der Waals surface area contributed by atoms with Crippen molar-refractivity contribution in [3.63, 3.8) is 0 Å². The topological polar surface area (TPSA) is 56.7 Å². The van der Waals surface area contributed by atoms with Crippen LogP contribution in [0.5, 0.6) is 5.75 Å². The lowest BCUT2D eigenvalue weighted by molar-refractivity contribution is 0.474. The minimum absolute atomic E-state index is 0.0894. The van der Waals surface area contributed by atoms with Gasteiger partial charge in [0.15, 0.2) is 5.11 Å². The summed E-state index contributed by atoms with van der Waals surface area (Å²) in [5, 5.41) is 17.2. The van der Waals surface area contributed by atoms with Gasteiger partial charge in [-0.25, -0.2) is 0 Å². The molecule has 5 heteroatoms. The van der Waals surface area contributed by atoms with Crippen molar-refractivity contribution < 1.29 is 5.11 Å². The van der Waals surface area contributed by atoms with Gasteiger partial charge in [-0.2, -0.15) is 5.10 Å². The highest BCUT2D eigenvalue weighted by molar-refractivity contribution is 7.80. The van der Waals surface area contributed by atoms with Crippen LogP contribution in [0.4, 0.5) is 0 Å². The predicted octanol–water partition coefficient (Wildman–Crippen LogP) is 2.95. The first kappa shape index (κ1) is 15.0. The number of phenolic OH excluding ortho intramolecular Hbond substituents is 1. The van der Waals surface area contributed by atoms with Crippen molar-refractivity contribution in [1.29, 1.82) is 0 Å². The number of rotatable bonds is 4. The number of para-hydroxylation sites is 1. The Morgan fingerprint density at radius 1 is 1.14 bits per heavy atom. The summed E-state index contributed by atoms with van der Waals surface area (Å²) in [6, 6.07) is 17.1. The number of aromatic hydroxyl groups is 1. The van der Waals surface area contributed by atoms with E-state index >= 15 is 0 Å². The monoisotopic (exact) mass is 299 g/mol. The molecular weight excluding hydrogens is 282 g/mol. The van der Waals surface area contributed by atoms with Crippen LogP contribution in [-0.2, 0) is 0 Å². The molecule has 4 nitrogen and oxygen atoms in total. The molecule has 21 heavy (non-hydrogen) atoms. The second-order valence-corrected chi connectivity index (χ2v) is 4.94. The zero-order chi connectivity index (χ0) is 15.1. The average molecular weight is 299 g/mol. The van der Waals surface area contributed by atoms with Gasteiger partial charge >= 0.3 is 0 Å². The van der Waals surface area contributed by atoms with E-state index in [2.05, 4.69) is 15.8 Å². The minimum Gasteiger partial charge on any atom is -0.507 e. The fourth-order valence-electron chi connectivity index (χ4n) is 1.81. The Morgan fingerprint density at radius 3 is 2.52 bits per heavy atom. The van der Waals surface area contributed by atoms with Crippen molar-refractivity contribution in [2.45, 2.75) is 13.0 Å². The van der Waals surface area contributed by atoms with Crippen molar-refractivity contribution in [3.8, 4) is 5.75 Å². The van der Waals surface area contributed by atoms with Crippen LogP contribution in [0.1, 0.15) is 24.1 Å². The van der Waals surface area contributed by atoms with Gasteiger partial charge in [-0.15, -0.1) is 0 Å². The zero-order valence-corrected chi connectivity index (χ0v) is 12.5. The smallest absolute Gasteiger partial charge is 0.187 e. The molecule has 0 aliphatic rings. The summed E-state index contributed by atoms with van der Waals surface area (Å²) in [4.78, 5) is 0. The summed E-state index contributed by atoms with van der Waals surface area (Å²) < 4.78 is 0. The van der Waals surface area contributed by atoms with E-state index in [-0.39, 0.29) is 11.8 Å². The molecule has 0 aliphatic heterocycles. The number of hydrogen-bond acceptors (Lipinski definition) is 3. The largest absolute Gasteiger partial charge is 0.507 e. The van der Waals surface area contributed by atoms with E-state index in [9.17, 15) is 5.11 Å². The van der Waals surface area contributed by atoms with Crippen LogP contribution in [0.2, 0.25) is 0 Å². The van der Waals surface area contributed by atoms with Crippen molar-refractivity contribution in [1.82, 2.24) is 10.7 Å². The van der Waals surface area contributed by atoms with E-state index in [0.29, 0.717) is 10.7 Å². The van der Waals surface area contributed by atoms with E-state index < -0.39 is 0 Å². The highest BCUT2D eigenvalue weighted by Crippen LogP contribution is 2.12. The second kappa shape index (κ2) is 7.40. The van der Waals surface area contributed by atoms with Crippen LogP contribution in [-0.4, -0.2) is 16.4 Å². The zero-order valence-electron chi connectivity index (χ0n) is 11.7. The highest BCUT2D eigenvalue weighted by atomic mass is 32.1. The summed E-state index contributed by atoms with van der Waals surface area (Å²) in [6.07, 6.45) is 1.52. The summed E-state index contributed by atoms with van der Waals surface area (Å²) >= 11 is 5.18. The molecule has 0 heterocycles. The molecule has 0 spiro atoms. The third kappa shape index (κ3) is 4.57. The Balaban J connectivity index is 1.87. The molecule has 1 atom stereocenters. The van der Waals surface area contributed by atoms with Crippen LogP contribution in [0.15, 0.2) is 59.7 Å². The van der Waals surface area contributed by atoms with Gasteiger partial charge in [-0.05, 0) is 36.8 Å². The van der Waals surface area contributed by atoms with Crippen LogP contribution < -0.4 is 10.7 Å². The van der Waals surface area contributed by atoms with Gasteiger partial charge in [0.1, 0.15) is 5.75 Å². The molecule has 3 N–H and O–H groups in total. The van der Waals surface area contributed by atoms with Gasteiger partial charge < -0.3 is 10.4 Å². The van der Waals surface area contributed by atoms with Gasteiger partial charge in [0, 0.05) is 5.56 Å². The number of phenols is 1. The summed E-state index contributed by atoms with van der Waals surface area (Å²) in [5.74, 6) is 0.180. The van der Waals surface area contributed by atoms with Crippen molar-refractivity contribution >= 4 is 23.5 Å². The third-order valence-corrected chi connectivity index (χ3v) is 3.16. The SMILES string of the molecule is C[C@@H](NC(=S)N/N=C\c1ccccc1O)c1ccccc1. The molecule has 0 fully saturated rings. The van der Waals surface area contributed by atoms with Crippen LogP contribution in [0, 0.1) is 0 Å².